The number of nitrogens with two attached hydrogens (primary N) is 1. The van der Waals surface area contributed by atoms with Gasteiger partial charge < -0.3 is 14.7 Å². The summed E-state index contributed by atoms with van der Waals surface area (Å²) in [5, 5.41) is 4.01. The summed E-state index contributed by atoms with van der Waals surface area (Å²) in [6.07, 6.45) is 6.80. The molecule has 6 nitrogen and oxygen atoms in total. The molecule has 6 heteroatoms. The average Bonchev–Trinajstić information content (AvgIpc) is 3.01. The average molecular weight is 269 g/mol. The van der Waals surface area contributed by atoms with Crippen molar-refractivity contribution < 1.29 is 4.52 Å². The largest absolute Gasteiger partial charge is 0.332 e. The van der Waals surface area contributed by atoms with Crippen molar-refractivity contribution in [2.45, 2.75) is 31.7 Å². The van der Waals surface area contributed by atoms with Crippen LogP contribution in [-0.2, 0) is 5.54 Å². The smallest absolute Gasteiger partial charge is 0.278 e. The minimum atomic E-state index is -0.405. The van der Waals surface area contributed by atoms with E-state index >= 15 is 0 Å². The molecule has 0 amide bonds. The molecular formula is C14H15N5O. The van der Waals surface area contributed by atoms with Gasteiger partial charge in [0, 0.05) is 12.4 Å². The Morgan fingerprint density at radius 1 is 1.35 bits per heavy atom. The van der Waals surface area contributed by atoms with Crippen molar-refractivity contribution in [1.82, 2.24) is 19.5 Å². The molecule has 3 heterocycles. The molecule has 0 saturated heterocycles. The molecule has 1 aliphatic rings. The highest BCUT2D eigenvalue weighted by atomic mass is 16.5. The van der Waals surface area contributed by atoms with Crippen LogP contribution >= 0.6 is 0 Å². The second-order valence-corrected chi connectivity index (χ2v) is 5.53. The Labute approximate surface area is 115 Å². The second kappa shape index (κ2) is 3.89. The van der Waals surface area contributed by atoms with Crippen LogP contribution in [0.1, 0.15) is 30.7 Å². The van der Waals surface area contributed by atoms with Crippen molar-refractivity contribution in [2.24, 2.45) is 5.73 Å². The van der Waals surface area contributed by atoms with E-state index in [9.17, 15) is 0 Å². The molecule has 1 aliphatic carbocycles. The second-order valence-electron chi connectivity index (χ2n) is 5.53. The van der Waals surface area contributed by atoms with Gasteiger partial charge in [0.05, 0.1) is 5.54 Å². The fourth-order valence-corrected chi connectivity index (χ4v) is 2.50. The van der Waals surface area contributed by atoms with E-state index in [0.717, 1.165) is 30.5 Å². The Hall–Kier alpha value is -2.21. The van der Waals surface area contributed by atoms with Crippen LogP contribution in [-0.4, -0.2) is 19.5 Å². The number of hydrogen-bond donors (Lipinski definition) is 1. The predicted molar refractivity (Wildman–Crippen MR) is 72.9 cm³/mol. The molecule has 4 rings (SSSR count). The molecule has 3 aromatic heterocycles. The summed E-state index contributed by atoms with van der Waals surface area (Å²) in [5.41, 5.74) is 8.50. The van der Waals surface area contributed by atoms with Gasteiger partial charge in [-0.2, -0.15) is 4.98 Å². The first-order chi connectivity index (χ1) is 9.64. The van der Waals surface area contributed by atoms with E-state index in [1.54, 1.807) is 0 Å². The number of aryl methyl sites for hydroxylation is 1. The van der Waals surface area contributed by atoms with E-state index in [0.29, 0.717) is 17.4 Å². The topological polar surface area (TPSA) is 82.2 Å². The van der Waals surface area contributed by atoms with Gasteiger partial charge in [0.15, 0.2) is 5.82 Å². The summed E-state index contributed by atoms with van der Waals surface area (Å²) in [7, 11) is 0. The first-order valence-electron chi connectivity index (χ1n) is 6.73. The molecular weight excluding hydrogens is 254 g/mol. The Bertz CT molecular complexity index is 784. The fraction of sp³-hybridized carbons (Fsp3) is 0.357. The zero-order valence-electron chi connectivity index (χ0n) is 11.2. The lowest BCUT2D eigenvalue weighted by Gasteiger charge is -2.34. The number of rotatable bonds is 2. The molecule has 1 fully saturated rings. The molecule has 102 valence electrons. The summed E-state index contributed by atoms with van der Waals surface area (Å²) in [4.78, 5) is 8.92. The zero-order valence-corrected chi connectivity index (χ0v) is 11.2. The van der Waals surface area contributed by atoms with Crippen LogP contribution in [0.25, 0.3) is 17.2 Å². The van der Waals surface area contributed by atoms with Crippen LogP contribution in [0.4, 0.5) is 0 Å². The third kappa shape index (κ3) is 1.65. The third-order valence-corrected chi connectivity index (χ3v) is 3.95. The Morgan fingerprint density at radius 2 is 2.20 bits per heavy atom. The van der Waals surface area contributed by atoms with Crippen molar-refractivity contribution in [2.75, 3.05) is 0 Å². The summed E-state index contributed by atoms with van der Waals surface area (Å²) >= 11 is 0. The SMILES string of the molecule is Cc1ccn2cc(-c3nc(C4(N)CCC4)no3)nc2c1. The minimum absolute atomic E-state index is 0.405. The highest BCUT2D eigenvalue weighted by Gasteiger charge is 2.39. The maximum absolute atomic E-state index is 6.20. The van der Waals surface area contributed by atoms with Crippen molar-refractivity contribution in [3.05, 3.63) is 35.9 Å². The maximum atomic E-state index is 6.20. The number of imidazole rings is 1. The standard InChI is InChI=1S/C14H15N5O/c1-9-3-6-19-8-10(16-11(19)7-9)12-17-13(18-20-12)14(15)4-2-5-14/h3,6-8H,2,4-5,15H2,1H3. The maximum Gasteiger partial charge on any atom is 0.278 e. The highest BCUT2D eigenvalue weighted by Crippen LogP contribution is 2.37. The van der Waals surface area contributed by atoms with Gasteiger partial charge in [-0.3, -0.25) is 0 Å². The quantitative estimate of drug-likeness (QED) is 0.769. The molecule has 0 unspecified atom stereocenters. The van der Waals surface area contributed by atoms with E-state index in [2.05, 4.69) is 15.1 Å². The number of pyridine rings is 1. The van der Waals surface area contributed by atoms with Gasteiger partial charge in [-0.1, -0.05) is 5.16 Å². The first kappa shape index (κ1) is 11.6. The molecule has 2 N–H and O–H groups in total. The van der Waals surface area contributed by atoms with E-state index in [4.69, 9.17) is 10.3 Å². The summed E-state index contributed by atoms with van der Waals surface area (Å²) < 4.78 is 7.25. The molecule has 0 atom stereocenters. The Morgan fingerprint density at radius 3 is 2.95 bits per heavy atom. The molecule has 0 radical (unpaired) electrons. The number of aromatic nitrogens is 4. The lowest BCUT2D eigenvalue weighted by atomic mass is 9.77. The van der Waals surface area contributed by atoms with E-state index in [-0.39, 0.29) is 0 Å². The van der Waals surface area contributed by atoms with Gasteiger partial charge in [0.2, 0.25) is 0 Å². The van der Waals surface area contributed by atoms with Gasteiger partial charge in [-0.15, -0.1) is 0 Å². The number of hydrogen-bond acceptors (Lipinski definition) is 5. The Kier molecular flexibility index (Phi) is 2.26. The molecule has 3 aromatic rings. The molecule has 1 saturated carbocycles. The first-order valence-corrected chi connectivity index (χ1v) is 6.73. The third-order valence-electron chi connectivity index (χ3n) is 3.95. The zero-order chi connectivity index (χ0) is 13.7. The summed E-state index contributed by atoms with van der Waals surface area (Å²) in [6, 6.07) is 4.04. The normalized spacial score (nSPS) is 17.3. The van der Waals surface area contributed by atoms with Crippen molar-refractivity contribution in [1.29, 1.82) is 0 Å². The minimum Gasteiger partial charge on any atom is -0.332 e. The van der Waals surface area contributed by atoms with Crippen LogP contribution < -0.4 is 5.73 Å². The molecule has 20 heavy (non-hydrogen) atoms. The molecule has 0 aromatic carbocycles. The number of fused-ring (bicyclic) bond motifs is 1. The lowest BCUT2D eigenvalue weighted by Crippen LogP contribution is -2.44. The van der Waals surface area contributed by atoms with Crippen LogP contribution in [0.5, 0.6) is 0 Å². The van der Waals surface area contributed by atoms with Crippen molar-refractivity contribution in [3.63, 3.8) is 0 Å². The van der Waals surface area contributed by atoms with Gasteiger partial charge in [-0.05, 0) is 43.9 Å². The summed E-state index contributed by atoms with van der Waals surface area (Å²) in [6.45, 7) is 2.04. The van der Waals surface area contributed by atoms with E-state index in [1.807, 2.05) is 35.9 Å². The molecule has 0 bridgehead atoms. The van der Waals surface area contributed by atoms with E-state index in [1.165, 1.54) is 0 Å². The lowest BCUT2D eigenvalue weighted by molar-refractivity contribution is 0.229. The monoisotopic (exact) mass is 269 g/mol. The molecule has 0 spiro atoms. The van der Waals surface area contributed by atoms with Crippen molar-refractivity contribution in [3.8, 4) is 11.6 Å². The number of nitrogens with zero attached hydrogens (tertiary/aromatic N) is 4. The van der Waals surface area contributed by atoms with E-state index < -0.39 is 5.54 Å². The van der Waals surface area contributed by atoms with Gasteiger partial charge in [-0.25, -0.2) is 4.98 Å². The van der Waals surface area contributed by atoms with Crippen LogP contribution in [0.15, 0.2) is 29.0 Å². The van der Waals surface area contributed by atoms with Gasteiger partial charge in [0.25, 0.3) is 5.89 Å². The highest BCUT2D eigenvalue weighted by molar-refractivity contribution is 5.54. The fourth-order valence-electron chi connectivity index (χ4n) is 2.50. The molecule has 0 aliphatic heterocycles. The van der Waals surface area contributed by atoms with Crippen molar-refractivity contribution >= 4 is 5.65 Å². The van der Waals surface area contributed by atoms with Gasteiger partial charge in [0.1, 0.15) is 11.3 Å². The van der Waals surface area contributed by atoms with Crippen LogP contribution in [0.2, 0.25) is 0 Å². The summed E-state index contributed by atoms with van der Waals surface area (Å²) in [5.74, 6) is 1.02. The van der Waals surface area contributed by atoms with Crippen LogP contribution in [0, 0.1) is 6.92 Å². The van der Waals surface area contributed by atoms with Gasteiger partial charge >= 0.3 is 0 Å². The predicted octanol–water partition coefficient (Wildman–Crippen LogP) is 2.03. The van der Waals surface area contributed by atoms with Crippen LogP contribution in [0.3, 0.4) is 0 Å². The Balaban J connectivity index is 1.75.